The Bertz CT molecular complexity index is 1140. The van der Waals surface area contributed by atoms with Crippen LogP contribution in [0.4, 0.5) is 0 Å². The molecule has 0 atom stereocenters. The summed E-state index contributed by atoms with van der Waals surface area (Å²) in [7, 11) is -4.31. The van der Waals surface area contributed by atoms with Crippen molar-refractivity contribution in [3.63, 3.8) is 0 Å². The van der Waals surface area contributed by atoms with Crippen LogP contribution in [0.15, 0.2) is 35.2 Å². The molecule has 48 heavy (non-hydrogen) atoms. The first-order valence-electron chi connectivity index (χ1n) is 20.3. The quantitative estimate of drug-likeness (QED) is 0.0633. The second kappa shape index (κ2) is 30.1. The molecule has 0 saturated carbocycles. The minimum Gasteiger partial charge on any atom is -0.307 e. The molecule has 0 amide bonds. The first kappa shape index (κ1) is 44.3. The van der Waals surface area contributed by atoms with E-state index in [1.807, 2.05) is 31.1 Å². The number of rotatable bonds is 31. The summed E-state index contributed by atoms with van der Waals surface area (Å²) in [5, 5.41) is 1.58. The lowest BCUT2D eigenvalue weighted by Crippen LogP contribution is -2.08. The Morgan fingerprint density at radius 1 is 0.500 bits per heavy atom. The number of unbranched alkanes of at least 4 members (excludes halogenated alkanes) is 26. The van der Waals surface area contributed by atoms with Crippen molar-refractivity contribution < 1.29 is 17.8 Å². The zero-order chi connectivity index (χ0) is 35.1. The Labute approximate surface area is 297 Å². The molecule has 276 valence electrons. The van der Waals surface area contributed by atoms with Gasteiger partial charge in [-0.2, -0.15) is 8.42 Å². The topological polar surface area (TPSA) is 71.4 Å². The number of benzene rings is 2. The van der Waals surface area contributed by atoms with Crippen LogP contribution in [0.25, 0.3) is 10.8 Å². The summed E-state index contributed by atoms with van der Waals surface area (Å²) in [6.07, 6.45) is 38.6. The van der Waals surface area contributed by atoms with Gasteiger partial charge in [0.05, 0.1) is 0 Å². The van der Waals surface area contributed by atoms with Crippen molar-refractivity contribution in [2.75, 3.05) is 0 Å². The summed E-state index contributed by atoms with van der Waals surface area (Å²) in [5.74, 6) is 0. The van der Waals surface area contributed by atoms with Gasteiger partial charge in [0, 0.05) is 5.39 Å². The van der Waals surface area contributed by atoms with E-state index in [4.69, 9.17) is 4.79 Å². The van der Waals surface area contributed by atoms with Gasteiger partial charge in [-0.1, -0.05) is 211 Å². The average molecular weight is 687 g/mol. The molecular formula is C43H74O4S. The van der Waals surface area contributed by atoms with Gasteiger partial charge in [-0.3, -0.25) is 4.55 Å². The van der Waals surface area contributed by atoms with E-state index in [0.29, 0.717) is 5.39 Å². The standard InChI is InChI=1S/C42H72O3S.CH2O/c1-3-5-7-9-11-13-15-17-19-21-23-25-27-29-33-38-37-39-34-31-32-36-41(39)42(46(43,44)45)40(38)35-30-28-26-24-22-20-18-16-14-12-10-8-6-4-2;1-2/h31-32,34,36-37H,3-30,33,35H2,1-2H3,(H,43,44,45);1H2. The molecule has 0 aliphatic heterocycles. The van der Waals surface area contributed by atoms with Crippen molar-refractivity contribution in [1.29, 1.82) is 0 Å². The Kier molecular flexibility index (Phi) is 27.8. The maximum atomic E-state index is 12.7. The predicted octanol–water partition coefficient (Wildman–Crippen LogP) is 13.9. The molecule has 0 radical (unpaired) electrons. The second-order valence-corrected chi connectivity index (χ2v) is 15.6. The second-order valence-electron chi connectivity index (χ2n) is 14.2. The fourth-order valence-corrected chi connectivity index (χ4v) is 8.22. The van der Waals surface area contributed by atoms with Crippen LogP contribution in [0.2, 0.25) is 0 Å². The molecule has 0 aliphatic carbocycles. The first-order chi connectivity index (χ1) is 23.5. The molecular weight excluding hydrogens is 613 g/mol. The SMILES string of the molecule is C=O.CCCCCCCCCCCCCCCCc1cc2ccccc2c(S(=O)(=O)O)c1CCCCCCCCCCCCCCCC. The predicted molar refractivity (Wildman–Crippen MR) is 209 cm³/mol. The zero-order valence-corrected chi connectivity index (χ0v) is 32.2. The Morgan fingerprint density at radius 2 is 0.833 bits per heavy atom. The van der Waals surface area contributed by atoms with Crippen molar-refractivity contribution >= 4 is 27.7 Å². The lowest BCUT2D eigenvalue weighted by molar-refractivity contribution is -0.0980. The van der Waals surface area contributed by atoms with Gasteiger partial charge in [-0.25, -0.2) is 0 Å². The normalized spacial score (nSPS) is 11.6. The van der Waals surface area contributed by atoms with Crippen molar-refractivity contribution in [2.45, 2.75) is 211 Å². The van der Waals surface area contributed by atoms with Gasteiger partial charge >= 0.3 is 0 Å². The number of carbonyl (C=O) groups excluding carboxylic acids is 1. The van der Waals surface area contributed by atoms with Crippen LogP contribution < -0.4 is 0 Å². The molecule has 0 aromatic heterocycles. The third kappa shape index (κ3) is 20.7. The largest absolute Gasteiger partial charge is 0.307 e. The molecule has 0 heterocycles. The van der Waals surface area contributed by atoms with Gasteiger partial charge < -0.3 is 4.79 Å². The number of hydrogen-bond acceptors (Lipinski definition) is 3. The van der Waals surface area contributed by atoms with Crippen LogP contribution in [0.5, 0.6) is 0 Å². The van der Waals surface area contributed by atoms with E-state index in [9.17, 15) is 13.0 Å². The molecule has 2 aromatic rings. The van der Waals surface area contributed by atoms with E-state index < -0.39 is 10.1 Å². The van der Waals surface area contributed by atoms with Crippen LogP contribution in [-0.4, -0.2) is 19.8 Å². The van der Waals surface area contributed by atoms with Crippen LogP contribution in [0.3, 0.4) is 0 Å². The molecule has 2 rings (SSSR count). The number of aryl methyl sites for hydroxylation is 1. The molecule has 1 N–H and O–H groups in total. The van der Waals surface area contributed by atoms with Crippen molar-refractivity contribution in [3.8, 4) is 0 Å². The fraction of sp³-hybridized carbons (Fsp3) is 0.744. The lowest BCUT2D eigenvalue weighted by atomic mass is 9.93. The molecule has 0 unspecified atom stereocenters. The van der Waals surface area contributed by atoms with Crippen molar-refractivity contribution in [2.24, 2.45) is 0 Å². The molecule has 0 aliphatic rings. The summed E-state index contributed by atoms with van der Waals surface area (Å²) in [6, 6.07) is 9.87. The van der Waals surface area contributed by atoms with Gasteiger partial charge in [0.2, 0.25) is 0 Å². The number of hydrogen-bond donors (Lipinski definition) is 1. The van der Waals surface area contributed by atoms with Gasteiger partial charge in [0.15, 0.2) is 0 Å². The average Bonchev–Trinajstić information content (AvgIpc) is 3.08. The van der Waals surface area contributed by atoms with Gasteiger partial charge in [0.25, 0.3) is 10.1 Å². The lowest BCUT2D eigenvalue weighted by Gasteiger charge is -2.17. The smallest absolute Gasteiger partial charge is 0.295 e. The zero-order valence-electron chi connectivity index (χ0n) is 31.4. The monoisotopic (exact) mass is 687 g/mol. The minimum absolute atomic E-state index is 0.167. The van der Waals surface area contributed by atoms with E-state index in [2.05, 4.69) is 19.9 Å². The van der Waals surface area contributed by atoms with E-state index in [-0.39, 0.29) is 4.90 Å². The number of carbonyl (C=O) groups is 1. The maximum absolute atomic E-state index is 12.7. The molecule has 0 spiro atoms. The van der Waals surface area contributed by atoms with E-state index in [0.717, 1.165) is 48.6 Å². The highest BCUT2D eigenvalue weighted by molar-refractivity contribution is 7.86. The summed E-state index contributed by atoms with van der Waals surface area (Å²) in [4.78, 5) is 8.17. The fourth-order valence-electron chi connectivity index (χ4n) is 7.21. The third-order valence-electron chi connectivity index (χ3n) is 10.0. The van der Waals surface area contributed by atoms with E-state index >= 15 is 0 Å². The van der Waals surface area contributed by atoms with Crippen molar-refractivity contribution in [1.82, 2.24) is 0 Å². The Hall–Kier alpha value is -1.72. The molecule has 0 saturated heterocycles. The highest BCUT2D eigenvalue weighted by Gasteiger charge is 2.22. The molecule has 4 nitrogen and oxygen atoms in total. The van der Waals surface area contributed by atoms with Gasteiger partial charge in [-0.15, -0.1) is 0 Å². The van der Waals surface area contributed by atoms with Gasteiger partial charge in [-0.05, 0) is 42.2 Å². The summed E-state index contributed by atoms with van der Waals surface area (Å²) in [6.45, 7) is 6.56. The molecule has 5 heteroatoms. The summed E-state index contributed by atoms with van der Waals surface area (Å²) < 4.78 is 35.8. The van der Waals surface area contributed by atoms with Crippen LogP contribution in [0.1, 0.15) is 205 Å². The van der Waals surface area contributed by atoms with E-state index in [1.165, 1.54) is 161 Å². The molecule has 0 fully saturated rings. The maximum Gasteiger partial charge on any atom is 0.295 e. The highest BCUT2D eigenvalue weighted by atomic mass is 32.2. The van der Waals surface area contributed by atoms with Gasteiger partial charge in [0.1, 0.15) is 11.7 Å². The first-order valence-corrected chi connectivity index (χ1v) is 21.7. The highest BCUT2D eigenvalue weighted by Crippen LogP contribution is 2.32. The van der Waals surface area contributed by atoms with Crippen LogP contribution in [-0.2, 0) is 27.8 Å². The summed E-state index contributed by atoms with van der Waals surface area (Å²) >= 11 is 0. The molecule has 0 bridgehead atoms. The Balaban J connectivity index is 0.00000565. The minimum atomic E-state index is -4.31. The third-order valence-corrected chi connectivity index (χ3v) is 11.0. The summed E-state index contributed by atoms with van der Waals surface area (Å²) in [5.41, 5.74) is 2.00. The van der Waals surface area contributed by atoms with Crippen LogP contribution >= 0.6 is 0 Å². The van der Waals surface area contributed by atoms with Crippen LogP contribution in [0, 0.1) is 0 Å². The van der Waals surface area contributed by atoms with E-state index in [1.54, 1.807) is 0 Å². The van der Waals surface area contributed by atoms with Crippen molar-refractivity contribution in [3.05, 3.63) is 41.5 Å². The molecule has 2 aromatic carbocycles. The number of fused-ring (bicyclic) bond motifs is 1. The Morgan fingerprint density at radius 3 is 1.21 bits per heavy atom.